The maximum atomic E-state index is 13.5. The van der Waals surface area contributed by atoms with E-state index >= 15 is 0 Å². The minimum Gasteiger partial charge on any atom is -0.481 e. The van der Waals surface area contributed by atoms with Crippen LogP contribution in [0.3, 0.4) is 0 Å². The molecular formula is C19H17ClFN3O2. The lowest BCUT2D eigenvalue weighted by Gasteiger charge is -2.16. The van der Waals surface area contributed by atoms with Crippen molar-refractivity contribution in [2.45, 2.75) is 6.54 Å². The van der Waals surface area contributed by atoms with E-state index in [-0.39, 0.29) is 18.3 Å². The topological polar surface area (TPSA) is 47.4 Å². The Morgan fingerprint density at radius 2 is 2.08 bits per heavy atom. The number of halogens is 2. The van der Waals surface area contributed by atoms with Crippen LogP contribution in [0, 0.1) is 5.82 Å². The number of rotatable bonds is 6. The van der Waals surface area contributed by atoms with Crippen molar-refractivity contribution in [2.75, 3.05) is 13.7 Å². The zero-order valence-electron chi connectivity index (χ0n) is 14.1. The van der Waals surface area contributed by atoms with Crippen LogP contribution in [0.4, 0.5) is 4.39 Å². The number of likely N-dealkylation sites (N-methyl/N-ethyl adjacent to an activating group) is 1. The van der Waals surface area contributed by atoms with Crippen LogP contribution >= 0.6 is 11.6 Å². The molecular weight excluding hydrogens is 357 g/mol. The van der Waals surface area contributed by atoms with Crippen LogP contribution in [-0.2, 0) is 11.3 Å². The highest BCUT2D eigenvalue weighted by molar-refractivity contribution is 6.30. The molecule has 0 aliphatic rings. The zero-order chi connectivity index (χ0) is 18.5. The number of carbonyl (C=O) groups is 1. The molecule has 2 aromatic carbocycles. The summed E-state index contributed by atoms with van der Waals surface area (Å²) < 4.78 is 20.4. The Kier molecular flexibility index (Phi) is 5.53. The maximum absolute atomic E-state index is 13.5. The van der Waals surface area contributed by atoms with Gasteiger partial charge in [0.25, 0.3) is 5.91 Å². The van der Waals surface area contributed by atoms with Gasteiger partial charge in [-0.2, -0.15) is 5.10 Å². The Morgan fingerprint density at radius 1 is 1.27 bits per heavy atom. The van der Waals surface area contributed by atoms with Crippen molar-refractivity contribution in [2.24, 2.45) is 0 Å². The lowest BCUT2D eigenvalue weighted by molar-refractivity contribution is -0.132. The molecule has 0 saturated heterocycles. The lowest BCUT2D eigenvalue weighted by Crippen LogP contribution is -2.30. The summed E-state index contributed by atoms with van der Waals surface area (Å²) >= 11 is 5.99. The van der Waals surface area contributed by atoms with Crippen LogP contribution in [0.1, 0.15) is 5.56 Å². The number of ether oxygens (including phenoxy) is 1. The number of carbonyl (C=O) groups excluding carboxylic acids is 1. The Labute approximate surface area is 155 Å². The molecule has 7 heteroatoms. The Hall–Kier alpha value is -2.86. The van der Waals surface area contributed by atoms with Crippen molar-refractivity contribution in [1.82, 2.24) is 14.7 Å². The predicted molar refractivity (Wildman–Crippen MR) is 96.9 cm³/mol. The van der Waals surface area contributed by atoms with Crippen LogP contribution in [-0.4, -0.2) is 34.2 Å². The first-order valence-electron chi connectivity index (χ1n) is 7.94. The Morgan fingerprint density at radius 3 is 2.85 bits per heavy atom. The summed E-state index contributed by atoms with van der Waals surface area (Å²) in [6.45, 7) is 0.125. The van der Waals surface area contributed by atoms with Gasteiger partial charge in [0.1, 0.15) is 0 Å². The van der Waals surface area contributed by atoms with Crippen LogP contribution in [0.5, 0.6) is 5.75 Å². The van der Waals surface area contributed by atoms with E-state index in [0.29, 0.717) is 11.6 Å². The van der Waals surface area contributed by atoms with Crippen LogP contribution in [0.25, 0.3) is 5.69 Å². The summed E-state index contributed by atoms with van der Waals surface area (Å²) in [7, 11) is 1.66. The number of nitrogens with zero attached hydrogens (tertiary/aromatic N) is 3. The summed E-state index contributed by atoms with van der Waals surface area (Å²) in [5, 5.41) is 4.91. The van der Waals surface area contributed by atoms with Crippen LogP contribution in [0.2, 0.25) is 5.02 Å². The molecule has 3 rings (SSSR count). The minimum absolute atomic E-state index is 0.0584. The van der Waals surface area contributed by atoms with E-state index in [2.05, 4.69) is 5.10 Å². The molecule has 134 valence electrons. The van der Waals surface area contributed by atoms with Crippen molar-refractivity contribution in [3.05, 3.63) is 77.3 Å². The fourth-order valence-electron chi connectivity index (χ4n) is 2.38. The third-order valence-electron chi connectivity index (χ3n) is 3.74. The molecule has 0 unspecified atom stereocenters. The Balaban J connectivity index is 1.58. The van der Waals surface area contributed by atoms with Gasteiger partial charge in [-0.25, -0.2) is 9.07 Å². The molecule has 0 bridgehead atoms. The molecule has 0 radical (unpaired) electrons. The highest BCUT2D eigenvalue weighted by Gasteiger charge is 2.13. The summed E-state index contributed by atoms with van der Waals surface area (Å²) in [4.78, 5) is 13.7. The van der Waals surface area contributed by atoms with Gasteiger partial charge >= 0.3 is 0 Å². The second-order valence-electron chi connectivity index (χ2n) is 5.74. The Bertz CT molecular complexity index is 913. The first kappa shape index (κ1) is 17.9. The van der Waals surface area contributed by atoms with E-state index < -0.39 is 5.82 Å². The number of para-hydroxylation sites is 1. The molecule has 0 aliphatic carbocycles. The quantitative estimate of drug-likeness (QED) is 0.662. The molecule has 0 N–H and O–H groups in total. The largest absolute Gasteiger partial charge is 0.481 e. The summed E-state index contributed by atoms with van der Waals surface area (Å²) in [5.41, 5.74) is 1.69. The second kappa shape index (κ2) is 8.01. The fourth-order valence-corrected chi connectivity index (χ4v) is 2.56. The number of benzene rings is 2. The third kappa shape index (κ3) is 4.40. The van der Waals surface area contributed by atoms with E-state index in [4.69, 9.17) is 16.3 Å². The standard InChI is InChI=1S/C19H17ClFN3O2/c1-23(19(25)13-26-18-8-3-2-7-17(18)21)11-14-10-22-24(12-14)16-6-4-5-15(20)9-16/h2-10,12H,11,13H2,1H3. The predicted octanol–water partition coefficient (Wildman–Crippen LogP) is 3.70. The van der Waals surface area contributed by atoms with Crippen molar-refractivity contribution in [3.63, 3.8) is 0 Å². The highest BCUT2D eigenvalue weighted by Crippen LogP contribution is 2.16. The zero-order valence-corrected chi connectivity index (χ0v) is 14.9. The SMILES string of the molecule is CN(Cc1cnn(-c2cccc(Cl)c2)c1)C(=O)COc1ccccc1F. The summed E-state index contributed by atoms with van der Waals surface area (Å²) in [6.07, 6.45) is 3.51. The fraction of sp³-hybridized carbons (Fsp3) is 0.158. The molecule has 1 aromatic heterocycles. The van der Waals surface area contributed by atoms with Gasteiger partial charge in [0, 0.05) is 30.4 Å². The normalized spacial score (nSPS) is 10.6. The number of aromatic nitrogens is 2. The third-order valence-corrected chi connectivity index (χ3v) is 3.98. The number of hydrogen-bond donors (Lipinski definition) is 0. The monoisotopic (exact) mass is 373 g/mol. The van der Waals surface area contributed by atoms with Gasteiger partial charge in [-0.3, -0.25) is 4.79 Å². The average molecular weight is 374 g/mol. The summed E-state index contributed by atoms with van der Waals surface area (Å²) in [5.74, 6) is -0.697. The molecule has 3 aromatic rings. The van der Waals surface area contributed by atoms with E-state index in [9.17, 15) is 9.18 Å². The van der Waals surface area contributed by atoms with Crippen molar-refractivity contribution >= 4 is 17.5 Å². The maximum Gasteiger partial charge on any atom is 0.260 e. The molecule has 0 atom stereocenters. The molecule has 0 spiro atoms. The minimum atomic E-state index is -0.495. The van der Waals surface area contributed by atoms with Crippen molar-refractivity contribution < 1.29 is 13.9 Å². The average Bonchev–Trinajstić information content (AvgIpc) is 3.09. The van der Waals surface area contributed by atoms with Gasteiger partial charge in [0.2, 0.25) is 0 Å². The van der Waals surface area contributed by atoms with E-state index in [1.807, 2.05) is 18.3 Å². The summed E-state index contributed by atoms with van der Waals surface area (Å²) in [6, 6.07) is 13.3. The van der Waals surface area contributed by atoms with Gasteiger partial charge in [0.05, 0.1) is 11.9 Å². The molecule has 5 nitrogen and oxygen atoms in total. The van der Waals surface area contributed by atoms with Gasteiger partial charge in [-0.05, 0) is 30.3 Å². The van der Waals surface area contributed by atoms with Gasteiger partial charge in [-0.15, -0.1) is 0 Å². The van der Waals surface area contributed by atoms with Gasteiger partial charge < -0.3 is 9.64 Å². The number of amides is 1. The molecule has 0 aliphatic heterocycles. The van der Waals surface area contributed by atoms with E-state index in [0.717, 1.165) is 11.3 Å². The van der Waals surface area contributed by atoms with Gasteiger partial charge in [-0.1, -0.05) is 29.8 Å². The van der Waals surface area contributed by atoms with Crippen LogP contribution in [0.15, 0.2) is 60.9 Å². The van der Waals surface area contributed by atoms with Crippen LogP contribution < -0.4 is 4.74 Å². The highest BCUT2D eigenvalue weighted by atomic mass is 35.5. The van der Waals surface area contributed by atoms with Crippen molar-refractivity contribution in [1.29, 1.82) is 0 Å². The smallest absolute Gasteiger partial charge is 0.260 e. The van der Waals surface area contributed by atoms with Crippen molar-refractivity contribution in [3.8, 4) is 11.4 Å². The van der Waals surface area contributed by atoms with Gasteiger partial charge in [0.15, 0.2) is 18.2 Å². The second-order valence-corrected chi connectivity index (χ2v) is 6.18. The van der Waals surface area contributed by atoms with E-state index in [1.54, 1.807) is 42.2 Å². The molecule has 1 amide bonds. The first-order chi connectivity index (χ1) is 12.5. The molecule has 1 heterocycles. The van der Waals surface area contributed by atoms with E-state index in [1.165, 1.54) is 17.0 Å². The first-order valence-corrected chi connectivity index (χ1v) is 8.31. The molecule has 0 fully saturated rings. The lowest BCUT2D eigenvalue weighted by atomic mass is 10.3. The molecule has 0 saturated carbocycles. The molecule has 26 heavy (non-hydrogen) atoms. The number of hydrogen-bond acceptors (Lipinski definition) is 3.